The summed E-state index contributed by atoms with van der Waals surface area (Å²) in [6, 6.07) is 6.53. The van der Waals surface area contributed by atoms with Gasteiger partial charge in [0, 0.05) is 42.3 Å². The predicted octanol–water partition coefficient (Wildman–Crippen LogP) is 2.56. The first-order chi connectivity index (χ1) is 10.1. The lowest BCUT2D eigenvalue weighted by Gasteiger charge is -2.32. The third-order valence-electron chi connectivity index (χ3n) is 4.42. The lowest BCUT2D eigenvalue weighted by molar-refractivity contribution is 0.0209. The Bertz CT molecular complexity index is 529. The van der Waals surface area contributed by atoms with E-state index >= 15 is 0 Å². The summed E-state index contributed by atoms with van der Waals surface area (Å²) in [5, 5.41) is 0. The van der Waals surface area contributed by atoms with E-state index in [1.165, 1.54) is 12.1 Å². The number of halogens is 1. The van der Waals surface area contributed by atoms with Crippen molar-refractivity contribution >= 4 is 27.4 Å². The standard InChI is InChI=1S/C16H21BrN2O2/c1-12(20)13-2-3-16(15(17)10-13)19-5-4-14(11-19)18-6-8-21-9-7-18/h2-3,10,14H,4-9,11H2,1H3. The van der Waals surface area contributed by atoms with Gasteiger partial charge in [0.2, 0.25) is 0 Å². The molecule has 0 spiro atoms. The largest absolute Gasteiger partial charge is 0.379 e. The topological polar surface area (TPSA) is 32.8 Å². The maximum Gasteiger partial charge on any atom is 0.159 e. The molecule has 1 unspecified atom stereocenters. The summed E-state index contributed by atoms with van der Waals surface area (Å²) in [6.45, 7) is 7.52. The number of benzene rings is 1. The van der Waals surface area contributed by atoms with Crippen molar-refractivity contribution in [2.24, 2.45) is 0 Å². The molecule has 0 bridgehead atoms. The van der Waals surface area contributed by atoms with Crippen LogP contribution >= 0.6 is 15.9 Å². The first-order valence-electron chi connectivity index (χ1n) is 7.52. The second-order valence-corrected chi connectivity index (χ2v) is 6.61. The molecule has 0 aliphatic carbocycles. The van der Waals surface area contributed by atoms with E-state index in [-0.39, 0.29) is 5.78 Å². The average Bonchev–Trinajstić information content (AvgIpc) is 2.97. The molecule has 2 heterocycles. The molecule has 0 radical (unpaired) electrons. The molecule has 114 valence electrons. The Morgan fingerprint density at radius 1 is 1.29 bits per heavy atom. The van der Waals surface area contributed by atoms with Gasteiger partial charge in [-0.25, -0.2) is 0 Å². The Morgan fingerprint density at radius 2 is 2.05 bits per heavy atom. The maximum absolute atomic E-state index is 11.4. The number of hydrogen-bond acceptors (Lipinski definition) is 4. The van der Waals surface area contributed by atoms with Gasteiger partial charge in [-0.05, 0) is 47.5 Å². The lowest BCUT2D eigenvalue weighted by Crippen LogP contribution is -2.44. The minimum absolute atomic E-state index is 0.106. The summed E-state index contributed by atoms with van der Waals surface area (Å²) in [6.07, 6.45) is 1.20. The van der Waals surface area contributed by atoms with Crippen molar-refractivity contribution in [3.8, 4) is 0 Å². The van der Waals surface area contributed by atoms with Crippen molar-refractivity contribution in [1.82, 2.24) is 4.90 Å². The first-order valence-corrected chi connectivity index (χ1v) is 8.31. The van der Waals surface area contributed by atoms with Gasteiger partial charge in [0.05, 0.1) is 18.9 Å². The van der Waals surface area contributed by atoms with Crippen LogP contribution in [-0.4, -0.2) is 56.1 Å². The summed E-state index contributed by atoms with van der Waals surface area (Å²) in [7, 11) is 0. The second-order valence-electron chi connectivity index (χ2n) is 5.76. The van der Waals surface area contributed by atoms with E-state index < -0.39 is 0 Å². The number of morpholine rings is 1. The zero-order valence-corrected chi connectivity index (χ0v) is 13.9. The molecule has 2 fully saturated rings. The maximum atomic E-state index is 11.4. The molecule has 0 aromatic heterocycles. The van der Waals surface area contributed by atoms with Gasteiger partial charge in [-0.3, -0.25) is 9.69 Å². The van der Waals surface area contributed by atoms with Crippen LogP contribution in [0.3, 0.4) is 0 Å². The normalized spacial score (nSPS) is 23.5. The van der Waals surface area contributed by atoms with Crippen LogP contribution in [0.15, 0.2) is 22.7 Å². The summed E-state index contributed by atoms with van der Waals surface area (Å²) >= 11 is 3.61. The Morgan fingerprint density at radius 3 is 2.71 bits per heavy atom. The highest BCUT2D eigenvalue weighted by Crippen LogP contribution is 2.31. The minimum atomic E-state index is 0.106. The fraction of sp³-hybridized carbons (Fsp3) is 0.562. The Hall–Kier alpha value is -0.910. The molecule has 0 amide bonds. The number of ketones is 1. The van der Waals surface area contributed by atoms with Gasteiger partial charge in [0.15, 0.2) is 5.78 Å². The fourth-order valence-corrected chi connectivity index (χ4v) is 3.81. The molecular formula is C16H21BrN2O2. The van der Waals surface area contributed by atoms with Crippen LogP contribution in [0, 0.1) is 0 Å². The highest BCUT2D eigenvalue weighted by Gasteiger charge is 2.29. The predicted molar refractivity (Wildman–Crippen MR) is 87.2 cm³/mol. The van der Waals surface area contributed by atoms with Gasteiger partial charge in [-0.2, -0.15) is 0 Å². The SMILES string of the molecule is CC(=O)c1ccc(N2CCC(N3CCOCC3)C2)c(Br)c1. The number of carbonyl (C=O) groups is 1. The molecule has 2 aliphatic rings. The number of carbonyl (C=O) groups excluding carboxylic acids is 1. The van der Waals surface area contributed by atoms with Crippen LogP contribution in [0.2, 0.25) is 0 Å². The van der Waals surface area contributed by atoms with Crippen LogP contribution < -0.4 is 4.90 Å². The molecule has 5 heteroatoms. The molecule has 0 N–H and O–H groups in total. The van der Waals surface area contributed by atoms with E-state index in [1.807, 2.05) is 12.1 Å². The number of anilines is 1. The molecule has 1 aromatic rings. The van der Waals surface area contributed by atoms with Crippen molar-refractivity contribution in [1.29, 1.82) is 0 Å². The number of Topliss-reactive ketones (excluding diaryl/α,β-unsaturated/α-hetero) is 1. The van der Waals surface area contributed by atoms with Crippen LogP contribution in [0.4, 0.5) is 5.69 Å². The zero-order chi connectivity index (χ0) is 14.8. The molecule has 1 atom stereocenters. The number of hydrogen-bond donors (Lipinski definition) is 0. The van der Waals surface area contributed by atoms with Gasteiger partial charge in [-0.15, -0.1) is 0 Å². The highest BCUT2D eigenvalue weighted by molar-refractivity contribution is 9.10. The summed E-state index contributed by atoms with van der Waals surface area (Å²) < 4.78 is 6.44. The zero-order valence-electron chi connectivity index (χ0n) is 12.3. The van der Waals surface area contributed by atoms with Gasteiger partial charge in [0.25, 0.3) is 0 Å². The van der Waals surface area contributed by atoms with E-state index in [9.17, 15) is 4.79 Å². The highest BCUT2D eigenvalue weighted by atomic mass is 79.9. The molecule has 1 aromatic carbocycles. The second kappa shape index (κ2) is 6.46. The van der Waals surface area contributed by atoms with Crippen LogP contribution in [-0.2, 0) is 4.74 Å². The Labute approximate surface area is 134 Å². The van der Waals surface area contributed by atoms with E-state index in [0.717, 1.165) is 49.4 Å². The van der Waals surface area contributed by atoms with Crippen molar-refractivity contribution in [3.63, 3.8) is 0 Å². The number of nitrogens with zero attached hydrogens (tertiary/aromatic N) is 2. The minimum Gasteiger partial charge on any atom is -0.379 e. The molecule has 21 heavy (non-hydrogen) atoms. The summed E-state index contributed by atoms with van der Waals surface area (Å²) in [5.41, 5.74) is 1.95. The van der Waals surface area contributed by atoms with Gasteiger partial charge >= 0.3 is 0 Å². The van der Waals surface area contributed by atoms with Gasteiger partial charge in [0.1, 0.15) is 0 Å². The van der Waals surface area contributed by atoms with Crippen molar-refractivity contribution < 1.29 is 9.53 Å². The number of ether oxygens (including phenoxy) is 1. The molecule has 0 saturated carbocycles. The molecule has 3 rings (SSSR count). The van der Waals surface area contributed by atoms with Gasteiger partial charge in [-0.1, -0.05) is 0 Å². The van der Waals surface area contributed by atoms with Gasteiger partial charge < -0.3 is 9.64 Å². The van der Waals surface area contributed by atoms with Crippen molar-refractivity contribution in [3.05, 3.63) is 28.2 Å². The summed E-state index contributed by atoms with van der Waals surface area (Å²) in [4.78, 5) is 16.4. The molecule has 4 nitrogen and oxygen atoms in total. The first kappa shape index (κ1) is 15.0. The smallest absolute Gasteiger partial charge is 0.159 e. The Balaban J connectivity index is 1.69. The van der Waals surface area contributed by atoms with E-state index in [1.54, 1.807) is 6.92 Å². The third-order valence-corrected chi connectivity index (χ3v) is 5.06. The fourth-order valence-electron chi connectivity index (χ4n) is 3.18. The Kier molecular flexibility index (Phi) is 4.62. The molecule has 2 saturated heterocycles. The molecular weight excluding hydrogens is 332 g/mol. The van der Waals surface area contributed by atoms with Crippen molar-refractivity contribution in [2.45, 2.75) is 19.4 Å². The molecule has 2 aliphatic heterocycles. The summed E-state index contributed by atoms with van der Waals surface area (Å²) in [5.74, 6) is 0.106. The van der Waals surface area contributed by atoms with Crippen LogP contribution in [0.1, 0.15) is 23.7 Å². The third kappa shape index (κ3) is 3.30. The van der Waals surface area contributed by atoms with E-state index in [2.05, 4.69) is 31.8 Å². The average molecular weight is 353 g/mol. The lowest BCUT2D eigenvalue weighted by atomic mass is 10.1. The quantitative estimate of drug-likeness (QED) is 0.782. The monoisotopic (exact) mass is 352 g/mol. The van der Waals surface area contributed by atoms with Crippen molar-refractivity contribution in [2.75, 3.05) is 44.3 Å². The van der Waals surface area contributed by atoms with E-state index in [4.69, 9.17) is 4.74 Å². The number of rotatable bonds is 3. The van der Waals surface area contributed by atoms with Crippen LogP contribution in [0.25, 0.3) is 0 Å². The van der Waals surface area contributed by atoms with Crippen LogP contribution in [0.5, 0.6) is 0 Å². The van der Waals surface area contributed by atoms with E-state index in [0.29, 0.717) is 6.04 Å².